The summed E-state index contributed by atoms with van der Waals surface area (Å²) < 4.78 is -0.131. The van der Waals surface area contributed by atoms with E-state index in [1.807, 2.05) is 13.8 Å². The maximum Gasteiger partial charge on any atom is 1.00 e. The van der Waals surface area contributed by atoms with Crippen molar-refractivity contribution in [3.63, 3.8) is 0 Å². The molecule has 0 nitrogen and oxygen atoms in total. The molecule has 0 saturated carbocycles. The second-order valence-electron chi connectivity index (χ2n) is 3.38. The molecule has 0 fully saturated rings. The second-order valence-corrected chi connectivity index (χ2v) is 4.40. The summed E-state index contributed by atoms with van der Waals surface area (Å²) in [6.45, 7) is 6.18. The van der Waals surface area contributed by atoms with Gasteiger partial charge in [-0.15, -0.1) is 4.75 Å². The van der Waals surface area contributed by atoms with Crippen LogP contribution in [0.2, 0.25) is 0 Å². The van der Waals surface area contributed by atoms with Crippen LogP contribution in [-0.2, 0) is 17.4 Å². The van der Waals surface area contributed by atoms with E-state index in [9.17, 15) is 0 Å². The van der Waals surface area contributed by atoms with Gasteiger partial charge in [0, 0.05) is 0 Å². The third-order valence-corrected chi connectivity index (χ3v) is 1.98. The second kappa shape index (κ2) is 5.30. The summed E-state index contributed by atoms with van der Waals surface area (Å²) in [5, 5.41) is 0. The Balaban J connectivity index is 0.00000121. The molecular weight excluding hydrogens is 238 g/mol. The molecule has 0 aliphatic rings. The fourth-order valence-electron chi connectivity index (χ4n) is 0.955. The molecule has 0 atom stereocenters. The van der Waals surface area contributed by atoms with Gasteiger partial charge in [-0.2, -0.15) is 0 Å². The molecule has 0 saturated heterocycles. The molecule has 0 spiro atoms. The molecule has 0 amide bonds. The zero-order valence-corrected chi connectivity index (χ0v) is 14.0. The minimum absolute atomic E-state index is 0. The van der Waals surface area contributed by atoms with Gasteiger partial charge in [0.05, 0.1) is 0 Å². The summed E-state index contributed by atoms with van der Waals surface area (Å²) in [6, 6.07) is 8.40. The Hall–Kier alpha value is 1.38. The molecule has 0 bridgehead atoms. The number of hydrogen-bond donors (Lipinski definition) is 0. The van der Waals surface area contributed by atoms with Crippen molar-refractivity contribution in [2.45, 2.75) is 25.5 Å². The summed E-state index contributed by atoms with van der Waals surface area (Å²) in [5.41, 5.74) is 2.51. The van der Waals surface area contributed by atoms with Gasteiger partial charge in [0.15, 0.2) is 0 Å². The first kappa shape index (κ1) is 13.4. The van der Waals surface area contributed by atoms with Crippen molar-refractivity contribution < 1.29 is 58.2 Å². The van der Waals surface area contributed by atoms with E-state index in [1.54, 1.807) is 0 Å². The Morgan fingerprint density at radius 3 is 1.83 bits per heavy atom. The van der Waals surface area contributed by atoms with Gasteiger partial charge in [0.25, 0.3) is 0 Å². The fraction of sp³-hybridized carbons (Fsp3) is 0.400. The van der Waals surface area contributed by atoms with E-state index in [4.69, 9.17) is 12.6 Å². The molecule has 1 aromatic rings. The first-order chi connectivity index (χ1) is 5.00. The third kappa shape index (κ3) is 4.06. The monoisotopic (exact) mass is 250 g/mol. The number of rotatable bonds is 1. The van der Waals surface area contributed by atoms with Gasteiger partial charge in [-0.1, -0.05) is 49.2 Å². The quantitative estimate of drug-likeness (QED) is 0.622. The molecule has 0 heterocycles. The van der Waals surface area contributed by atoms with Gasteiger partial charge in [0.1, 0.15) is 0 Å². The van der Waals surface area contributed by atoms with Gasteiger partial charge in [-0.3, -0.25) is 0 Å². The maximum absolute atomic E-state index is 5.29. The van der Waals surface area contributed by atoms with Crippen molar-refractivity contribution >= 4 is 12.6 Å². The van der Waals surface area contributed by atoms with Gasteiger partial charge < -0.3 is 12.6 Å². The van der Waals surface area contributed by atoms with Crippen molar-refractivity contribution in [1.29, 1.82) is 0 Å². The average Bonchev–Trinajstić information content (AvgIpc) is 1.86. The summed E-state index contributed by atoms with van der Waals surface area (Å²) in [4.78, 5) is 0. The van der Waals surface area contributed by atoms with E-state index >= 15 is 0 Å². The molecular formula is C10H13RbS. The molecule has 0 aromatic heterocycles. The van der Waals surface area contributed by atoms with Crippen LogP contribution < -0.4 is 58.2 Å². The van der Waals surface area contributed by atoms with Crippen LogP contribution in [0.1, 0.15) is 25.0 Å². The number of benzene rings is 1. The molecule has 0 aliphatic carbocycles. The normalized spacial score (nSPS) is 10.7. The molecule has 1 rings (SSSR count). The van der Waals surface area contributed by atoms with E-state index in [0.717, 1.165) is 0 Å². The topological polar surface area (TPSA) is 0 Å². The van der Waals surface area contributed by atoms with Gasteiger partial charge >= 0.3 is 58.2 Å². The van der Waals surface area contributed by atoms with Crippen LogP contribution in [0.5, 0.6) is 0 Å². The summed E-state index contributed by atoms with van der Waals surface area (Å²) >= 11 is 5.29. The van der Waals surface area contributed by atoms with Crippen molar-refractivity contribution in [3.8, 4) is 0 Å². The molecule has 12 heavy (non-hydrogen) atoms. The Kier molecular flexibility index (Phi) is 5.91. The first-order valence-corrected chi connectivity index (χ1v) is 4.18. The predicted molar refractivity (Wildman–Crippen MR) is 51.6 cm³/mol. The van der Waals surface area contributed by atoms with Gasteiger partial charge in [-0.25, -0.2) is 0 Å². The average molecular weight is 251 g/mol. The Labute approximate surface area is 129 Å². The van der Waals surface area contributed by atoms with Crippen LogP contribution >= 0.6 is 0 Å². The molecule has 1 aromatic carbocycles. The Morgan fingerprint density at radius 1 is 1.08 bits per heavy atom. The largest absolute Gasteiger partial charge is 1.00 e. The molecule has 60 valence electrons. The number of aryl methyl sites for hydroxylation is 1. The van der Waals surface area contributed by atoms with Crippen LogP contribution in [0.4, 0.5) is 0 Å². The minimum atomic E-state index is -0.131. The van der Waals surface area contributed by atoms with E-state index in [2.05, 4.69) is 31.2 Å². The van der Waals surface area contributed by atoms with Gasteiger partial charge in [-0.05, 0) is 6.92 Å². The molecule has 0 radical (unpaired) electrons. The minimum Gasteiger partial charge on any atom is -0.782 e. The van der Waals surface area contributed by atoms with Crippen LogP contribution in [0.25, 0.3) is 0 Å². The van der Waals surface area contributed by atoms with Crippen molar-refractivity contribution in [1.82, 2.24) is 0 Å². The standard InChI is InChI=1S/C10H14S.Rb/c1-8-4-6-9(7-5-8)10(2,3)11;/h4-7,11H,1-3H3;/q;+1/p-1. The van der Waals surface area contributed by atoms with Crippen LogP contribution in [0, 0.1) is 6.92 Å². The summed E-state index contributed by atoms with van der Waals surface area (Å²) in [7, 11) is 0. The zero-order valence-electron chi connectivity index (χ0n) is 8.22. The van der Waals surface area contributed by atoms with Crippen molar-refractivity contribution in [2.24, 2.45) is 0 Å². The van der Waals surface area contributed by atoms with E-state index in [-0.39, 0.29) is 62.9 Å². The Bertz CT molecular complexity index is 233. The number of hydrogen-bond acceptors (Lipinski definition) is 1. The van der Waals surface area contributed by atoms with Gasteiger partial charge in [0.2, 0.25) is 0 Å². The van der Waals surface area contributed by atoms with Crippen molar-refractivity contribution in [2.75, 3.05) is 0 Å². The first-order valence-electron chi connectivity index (χ1n) is 3.78. The zero-order chi connectivity index (χ0) is 8.48. The van der Waals surface area contributed by atoms with E-state index in [0.29, 0.717) is 0 Å². The molecule has 0 unspecified atom stereocenters. The van der Waals surface area contributed by atoms with E-state index in [1.165, 1.54) is 11.1 Å². The van der Waals surface area contributed by atoms with Crippen LogP contribution in [0.3, 0.4) is 0 Å². The summed E-state index contributed by atoms with van der Waals surface area (Å²) in [6.07, 6.45) is 0. The Morgan fingerprint density at radius 2 is 1.50 bits per heavy atom. The smallest absolute Gasteiger partial charge is 0.782 e. The fourth-order valence-corrected chi connectivity index (χ4v) is 1.09. The SMILES string of the molecule is Cc1ccc(C(C)(C)[S-])cc1.[Rb+]. The van der Waals surface area contributed by atoms with Crippen molar-refractivity contribution in [3.05, 3.63) is 35.4 Å². The van der Waals surface area contributed by atoms with Crippen LogP contribution in [0.15, 0.2) is 24.3 Å². The maximum atomic E-state index is 5.29. The molecule has 0 N–H and O–H groups in total. The molecule has 0 aliphatic heterocycles. The molecule has 2 heteroatoms. The van der Waals surface area contributed by atoms with E-state index < -0.39 is 0 Å². The summed E-state index contributed by atoms with van der Waals surface area (Å²) in [5.74, 6) is 0. The predicted octanol–water partition coefficient (Wildman–Crippen LogP) is -0.219. The van der Waals surface area contributed by atoms with Crippen LogP contribution in [-0.4, -0.2) is 0 Å². The third-order valence-electron chi connectivity index (χ3n) is 1.75.